The van der Waals surface area contributed by atoms with Gasteiger partial charge in [-0.3, -0.25) is 4.57 Å². The smallest absolute Gasteiger partial charge is 0.344 e. The van der Waals surface area contributed by atoms with E-state index in [0.29, 0.717) is 22.7 Å². The molecule has 25 heavy (non-hydrogen) atoms. The van der Waals surface area contributed by atoms with Crippen molar-refractivity contribution < 1.29 is 4.42 Å². The number of rotatable bonds is 5. The molecule has 8 heteroatoms. The molecule has 0 spiro atoms. The standard InChI is InChI=1S/C17H19N5O2S/c23-16-20-21-17(22(16)13-9-5-2-6-10-13)25-11-14-18-19-15(24-14)12-7-3-1-4-8-12/h1,3-4,7-8,13H,2,5-6,9-11H2,(H,20,23). The van der Waals surface area contributed by atoms with Gasteiger partial charge >= 0.3 is 5.69 Å². The van der Waals surface area contributed by atoms with E-state index < -0.39 is 0 Å². The molecule has 1 fully saturated rings. The zero-order chi connectivity index (χ0) is 17.1. The van der Waals surface area contributed by atoms with Crippen LogP contribution in [0.4, 0.5) is 0 Å². The second-order valence-corrected chi connectivity index (χ2v) is 7.07. The summed E-state index contributed by atoms with van der Waals surface area (Å²) in [6.45, 7) is 0. The summed E-state index contributed by atoms with van der Waals surface area (Å²) in [4.78, 5) is 12.1. The maximum atomic E-state index is 12.1. The monoisotopic (exact) mass is 357 g/mol. The van der Waals surface area contributed by atoms with Crippen molar-refractivity contribution in [1.29, 1.82) is 0 Å². The van der Waals surface area contributed by atoms with Crippen molar-refractivity contribution in [3.05, 3.63) is 46.7 Å². The summed E-state index contributed by atoms with van der Waals surface area (Å²) in [5.74, 6) is 1.51. The van der Waals surface area contributed by atoms with E-state index in [1.54, 1.807) is 4.57 Å². The van der Waals surface area contributed by atoms with Crippen molar-refractivity contribution in [2.45, 2.75) is 49.1 Å². The normalized spacial score (nSPS) is 15.5. The highest BCUT2D eigenvalue weighted by molar-refractivity contribution is 7.98. The lowest BCUT2D eigenvalue weighted by Gasteiger charge is -2.22. The van der Waals surface area contributed by atoms with Crippen LogP contribution >= 0.6 is 11.8 Å². The molecule has 0 saturated heterocycles. The first-order valence-corrected chi connectivity index (χ1v) is 9.47. The number of H-pyrrole nitrogens is 1. The molecule has 2 heterocycles. The average Bonchev–Trinajstić information content (AvgIpc) is 3.28. The molecule has 1 N–H and O–H groups in total. The number of aromatic amines is 1. The first-order chi connectivity index (χ1) is 12.3. The number of nitrogens with zero attached hydrogens (tertiary/aromatic N) is 4. The van der Waals surface area contributed by atoms with Gasteiger partial charge in [-0.2, -0.15) is 0 Å². The molecule has 0 amide bonds. The summed E-state index contributed by atoms with van der Waals surface area (Å²) in [6, 6.07) is 9.91. The zero-order valence-corrected chi connectivity index (χ0v) is 14.5. The van der Waals surface area contributed by atoms with E-state index in [9.17, 15) is 4.79 Å². The van der Waals surface area contributed by atoms with Gasteiger partial charge < -0.3 is 4.42 Å². The Morgan fingerprint density at radius 2 is 1.96 bits per heavy atom. The molecule has 0 unspecified atom stereocenters. The van der Waals surface area contributed by atoms with Crippen molar-refractivity contribution in [3.63, 3.8) is 0 Å². The third-order valence-corrected chi connectivity index (χ3v) is 5.36. The second kappa shape index (κ2) is 7.26. The van der Waals surface area contributed by atoms with Crippen LogP contribution in [-0.4, -0.2) is 25.0 Å². The molecule has 0 atom stereocenters. The maximum Gasteiger partial charge on any atom is 0.344 e. The first kappa shape index (κ1) is 16.1. The van der Waals surface area contributed by atoms with Crippen LogP contribution in [0.3, 0.4) is 0 Å². The zero-order valence-electron chi connectivity index (χ0n) is 13.7. The highest BCUT2D eigenvalue weighted by atomic mass is 32.2. The molecule has 3 aromatic rings. The van der Waals surface area contributed by atoms with E-state index >= 15 is 0 Å². The van der Waals surface area contributed by atoms with E-state index in [1.807, 2.05) is 30.3 Å². The number of nitrogens with one attached hydrogen (secondary N) is 1. The summed E-state index contributed by atoms with van der Waals surface area (Å²) < 4.78 is 7.51. The molecule has 4 rings (SSSR count). The van der Waals surface area contributed by atoms with Gasteiger partial charge in [0.2, 0.25) is 11.8 Å². The Morgan fingerprint density at radius 3 is 2.76 bits per heavy atom. The largest absolute Gasteiger partial charge is 0.420 e. The van der Waals surface area contributed by atoms with Crippen molar-refractivity contribution in [2.75, 3.05) is 0 Å². The fraction of sp³-hybridized carbons (Fsp3) is 0.412. The van der Waals surface area contributed by atoms with Crippen LogP contribution in [-0.2, 0) is 5.75 Å². The topological polar surface area (TPSA) is 89.6 Å². The third kappa shape index (κ3) is 3.53. The Hall–Kier alpha value is -2.35. The fourth-order valence-corrected chi connectivity index (χ4v) is 4.04. The van der Waals surface area contributed by atoms with Crippen molar-refractivity contribution in [2.24, 2.45) is 0 Å². The summed E-state index contributed by atoms with van der Waals surface area (Å²) in [6.07, 6.45) is 5.64. The van der Waals surface area contributed by atoms with Gasteiger partial charge in [0.05, 0.1) is 5.75 Å². The van der Waals surface area contributed by atoms with Gasteiger partial charge in [0.15, 0.2) is 5.16 Å². The Labute approximate surface area is 148 Å². The lowest BCUT2D eigenvalue weighted by molar-refractivity contribution is 0.330. The number of thioether (sulfide) groups is 1. The lowest BCUT2D eigenvalue weighted by atomic mass is 9.95. The first-order valence-electron chi connectivity index (χ1n) is 8.49. The van der Waals surface area contributed by atoms with Gasteiger partial charge in [0.1, 0.15) is 0 Å². The van der Waals surface area contributed by atoms with E-state index in [2.05, 4.69) is 20.4 Å². The molecule has 0 radical (unpaired) electrons. The predicted molar refractivity (Wildman–Crippen MR) is 94.3 cm³/mol. The Kier molecular flexibility index (Phi) is 4.69. The van der Waals surface area contributed by atoms with Crippen LogP contribution in [0, 0.1) is 0 Å². The van der Waals surface area contributed by atoms with Crippen molar-refractivity contribution in [1.82, 2.24) is 25.0 Å². The lowest BCUT2D eigenvalue weighted by Crippen LogP contribution is -2.24. The number of hydrogen-bond donors (Lipinski definition) is 1. The predicted octanol–water partition coefficient (Wildman–Crippen LogP) is 3.42. The molecule has 1 saturated carbocycles. The van der Waals surface area contributed by atoms with Crippen molar-refractivity contribution in [3.8, 4) is 11.5 Å². The van der Waals surface area contributed by atoms with Crippen molar-refractivity contribution >= 4 is 11.8 Å². The third-order valence-electron chi connectivity index (χ3n) is 4.42. The Bertz CT molecular complexity index is 880. The van der Waals surface area contributed by atoms with Gasteiger partial charge in [-0.15, -0.1) is 15.3 Å². The highest BCUT2D eigenvalue weighted by Gasteiger charge is 2.21. The summed E-state index contributed by atoms with van der Waals surface area (Å²) in [5, 5.41) is 15.6. The van der Waals surface area contributed by atoms with E-state index in [4.69, 9.17) is 4.42 Å². The van der Waals surface area contributed by atoms with Gasteiger partial charge in [-0.05, 0) is 25.0 Å². The quantitative estimate of drug-likeness (QED) is 0.704. The SMILES string of the molecule is O=c1[nH]nc(SCc2nnc(-c3ccccc3)o2)n1C1CCCCC1. The van der Waals surface area contributed by atoms with Crippen LogP contribution in [0.2, 0.25) is 0 Å². The number of benzene rings is 1. The Balaban J connectivity index is 1.47. The van der Waals surface area contributed by atoms with Crippen LogP contribution in [0.15, 0.2) is 44.7 Å². The Morgan fingerprint density at radius 1 is 1.16 bits per heavy atom. The summed E-state index contributed by atoms with van der Waals surface area (Å²) in [7, 11) is 0. The average molecular weight is 357 g/mol. The molecular formula is C17H19N5O2S. The molecular weight excluding hydrogens is 338 g/mol. The van der Waals surface area contributed by atoms with Gasteiger partial charge in [-0.25, -0.2) is 9.89 Å². The molecule has 1 aliphatic rings. The molecule has 130 valence electrons. The minimum absolute atomic E-state index is 0.134. The fourth-order valence-electron chi connectivity index (χ4n) is 3.19. The molecule has 7 nitrogen and oxygen atoms in total. The van der Waals surface area contributed by atoms with Crippen LogP contribution in [0.25, 0.3) is 11.5 Å². The summed E-state index contributed by atoms with van der Waals surface area (Å²) >= 11 is 1.45. The maximum absolute atomic E-state index is 12.1. The summed E-state index contributed by atoms with van der Waals surface area (Å²) in [5.41, 5.74) is 0.759. The minimum Gasteiger partial charge on any atom is -0.420 e. The number of hydrogen-bond acceptors (Lipinski definition) is 6. The second-order valence-electron chi connectivity index (χ2n) is 6.13. The van der Waals surface area contributed by atoms with Gasteiger partial charge in [0, 0.05) is 11.6 Å². The molecule has 2 aromatic heterocycles. The highest BCUT2D eigenvalue weighted by Crippen LogP contribution is 2.31. The van der Waals surface area contributed by atoms with Gasteiger partial charge in [0.25, 0.3) is 0 Å². The van der Waals surface area contributed by atoms with E-state index in [1.165, 1.54) is 18.2 Å². The van der Waals surface area contributed by atoms with Crippen LogP contribution < -0.4 is 5.69 Å². The molecule has 0 aliphatic heterocycles. The van der Waals surface area contributed by atoms with Crippen LogP contribution in [0.1, 0.15) is 44.0 Å². The van der Waals surface area contributed by atoms with Gasteiger partial charge in [-0.1, -0.05) is 49.2 Å². The molecule has 1 aliphatic carbocycles. The number of aromatic nitrogens is 5. The van der Waals surface area contributed by atoms with E-state index in [0.717, 1.165) is 31.2 Å². The van der Waals surface area contributed by atoms with Crippen LogP contribution in [0.5, 0.6) is 0 Å². The molecule has 1 aromatic carbocycles. The van der Waals surface area contributed by atoms with E-state index in [-0.39, 0.29) is 11.7 Å². The molecule has 0 bridgehead atoms. The minimum atomic E-state index is -0.134.